The highest BCUT2D eigenvalue weighted by molar-refractivity contribution is 6.74. The average molecular weight is 428 g/mol. The summed E-state index contributed by atoms with van der Waals surface area (Å²) in [6, 6.07) is 8.27. The number of carbonyl (C=O) groups excluding carboxylic acids is 1. The van der Waals surface area contributed by atoms with Crippen molar-refractivity contribution in [1.82, 2.24) is 9.88 Å². The van der Waals surface area contributed by atoms with E-state index in [0.717, 1.165) is 43.0 Å². The van der Waals surface area contributed by atoms with E-state index in [1.165, 1.54) is 18.1 Å². The van der Waals surface area contributed by atoms with Crippen LogP contribution in [0.3, 0.4) is 0 Å². The van der Waals surface area contributed by atoms with Crippen LogP contribution in [0.2, 0.25) is 18.1 Å². The number of rotatable bonds is 3. The van der Waals surface area contributed by atoms with E-state index in [9.17, 15) is 4.79 Å². The quantitative estimate of drug-likeness (QED) is 0.440. The summed E-state index contributed by atoms with van der Waals surface area (Å²) >= 11 is 0. The van der Waals surface area contributed by atoms with E-state index in [-0.39, 0.29) is 22.8 Å². The Labute approximate surface area is 179 Å². The number of oxime groups is 1. The van der Waals surface area contributed by atoms with Crippen molar-refractivity contribution in [2.45, 2.75) is 57.8 Å². The predicted molar refractivity (Wildman–Crippen MR) is 122 cm³/mol. The van der Waals surface area contributed by atoms with Crippen LogP contribution in [0, 0.1) is 5.92 Å². The van der Waals surface area contributed by atoms with Crippen molar-refractivity contribution in [3.8, 4) is 0 Å². The van der Waals surface area contributed by atoms with Crippen LogP contribution in [-0.4, -0.2) is 50.1 Å². The molecule has 3 aliphatic rings. The molecule has 1 fully saturated rings. The molecule has 0 amide bonds. The first-order valence-electron chi connectivity index (χ1n) is 10.8. The smallest absolute Gasteiger partial charge is 0.315 e. The molecule has 1 aromatic heterocycles. The van der Waals surface area contributed by atoms with Gasteiger partial charge in [0.1, 0.15) is 5.92 Å². The van der Waals surface area contributed by atoms with Gasteiger partial charge in [-0.15, -0.1) is 5.16 Å². The van der Waals surface area contributed by atoms with Crippen LogP contribution in [0.5, 0.6) is 0 Å². The molecule has 2 aromatic rings. The molecular weight excluding hydrogens is 394 g/mol. The van der Waals surface area contributed by atoms with Gasteiger partial charge in [-0.1, -0.05) is 39.0 Å². The van der Waals surface area contributed by atoms with Gasteiger partial charge in [0.25, 0.3) is 8.32 Å². The number of methoxy groups -OCH3 is 1. The molecule has 1 N–H and O–H groups in total. The number of carbonyl (C=O) groups is 1. The van der Waals surface area contributed by atoms with Crippen molar-refractivity contribution in [3.05, 3.63) is 35.5 Å². The number of esters is 1. The molecule has 4 heterocycles. The highest BCUT2D eigenvalue weighted by Gasteiger charge is 2.44. The number of ether oxygens (including phenoxy) is 1. The number of benzene rings is 1. The van der Waals surface area contributed by atoms with Crippen molar-refractivity contribution in [3.63, 3.8) is 0 Å². The molecule has 7 heteroatoms. The Kier molecular flexibility index (Phi) is 5.30. The van der Waals surface area contributed by atoms with Crippen molar-refractivity contribution in [2.75, 3.05) is 20.2 Å². The second-order valence-corrected chi connectivity index (χ2v) is 14.8. The fraction of sp³-hybridized carbons (Fsp3) is 0.565. The first kappa shape index (κ1) is 21.1. The van der Waals surface area contributed by atoms with E-state index in [2.05, 4.69) is 61.9 Å². The molecular formula is C23H33N3O3Si. The summed E-state index contributed by atoms with van der Waals surface area (Å²) < 4.78 is 11.5. The van der Waals surface area contributed by atoms with E-state index in [0.29, 0.717) is 0 Å². The topological polar surface area (TPSA) is 66.9 Å². The van der Waals surface area contributed by atoms with Crippen LogP contribution in [-0.2, 0) is 20.6 Å². The summed E-state index contributed by atoms with van der Waals surface area (Å²) in [5.74, 6) is -0.615. The summed E-state index contributed by atoms with van der Waals surface area (Å²) in [6.07, 6.45) is 0.869. The van der Waals surface area contributed by atoms with E-state index >= 15 is 0 Å². The summed E-state index contributed by atoms with van der Waals surface area (Å²) in [4.78, 5) is 19.0. The second-order valence-electron chi connectivity index (χ2n) is 10.1. The first-order valence-corrected chi connectivity index (χ1v) is 13.7. The number of hydrogen-bond donors (Lipinski definition) is 1. The third-order valence-corrected chi connectivity index (χ3v) is 11.3. The Morgan fingerprint density at radius 1 is 1.23 bits per heavy atom. The number of fused-ring (bicyclic) bond motifs is 3. The molecule has 3 unspecified atom stereocenters. The van der Waals surface area contributed by atoms with Gasteiger partial charge < -0.3 is 14.2 Å². The lowest BCUT2D eigenvalue weighted by molar-refractivity contribution is -0.143. The highest BCUT2D eigenvalue weighted by Crippen LogP contribution is 2.41. The highest BCUT2D eigenvalue weighted by atomic mass is 28.4. The zero-order valence-corrected chi connectivity index (χ0v) is 19.9. The van der Waals surface area contributed by atoms with Crippen molar-refractivity contribution in [1.29, 1.82) is 0 Å². The molecule has 0 radical (unpaired) electrons. The van der Waals surface area contributed by atoms with Gasteiger partial charge in [0.05, 0.1) is 12.8 Å². The van der Waals surface area contributed by atoms with Gasteiger partial charge in [-0.25, -0.2) is 0 Å². The van der Waals surface area contributed by atoms with Crippen LogP contribution in [0.4, 0.5) is 0 Å². The summed E-state index contributed by atoms with van der Waals surface area (Å²) in [5, 5.41) is 5.97. The SMILES string of the molecule is COC(=O)C1c2[nH]c3ccccc3c2CN2CCC1/C(=N/O[Si](C)(C)C(C)(C)C)C2. The van der Waals surface area contributed by atoms with E-state index < -0.39 is 8.32 Å². The summed E-state index contributed by atoms with van der Waals surface area (Å²) in [6.45, 7) is 13.5. The number of hydrogen-bond acceptors (Lipinski definition) is 5. The van der Waals surface area contributed by atoms with E-state index in [4.69, 9.17) is 14.4 Å². The zero-order valence-electron chi connectivity index (χ0n) is 18.9. The maximum atomic E-state index is 13.0. The Morgan fingerprint density at radius 3 is 2.67 bits per heavy atom. The monoisotopic (exact) mass is 427 g/mol. The molecule has 3 atom stereocenters. The van der Waals surface area contributed by atoms with Crippen molar-refractivity contribution < 1.29 is 14.1 Å². The van der Waals surface area contributed by atoms with Crippen LogP contribution in [0.25, 0.3) is 10.9 Å². The van der Waals surface area contributed by atoms with Crippen LogP contribution in [0.15, 0.2) is 29.4 Å². The standard InChI is InChI=1S/C23H33N3O3Si/c1-23(2,3)30(5,6)29-25-19-14-26-12-11-16(19)20(22(27)28-4)21-17(13-26)15-9-7-8-10-18(15)24-21/h7-10,16,20,24H,11-14H2,1-6H3/b25-19+. The fourth-order valence-corrected chi connectivity index (χ4v) is 4.92. The fourth-order valence-electron chi connectivity index (χ4n) is 4.30. The Hall–Kier alpha value is -2.12. The minimum atomic E-state index is -2.03. The molecule has 1 aromatic carbocycles. The number of aromatic amines is 1. The Balaban J connectivity index is 1.79. The number of para-hydroxylation sites is 1. The largest absolute Gasteiger partial charge is 0.468 e. The minimum Gasteiger partial charge on any atom is -0.468 e. The number of nitrogens with zero attached hydrogens (tertiary/aromatic N) is 2. The number of H-pyrrole nitrogens is 1. The number of nitrogens with one attached hydrogen (secondary N) is 1. The van der Waals surface area contributed by atoms with E-state index in [1.54, 1.807) is 0 Å². The summed E-state index contributed by atoms with van der Waals surface area (Å²) in [7, 11) is -0.557. The molecule has 6 nitrogen and oxygen atoms in total. The average Bonchev–Trinajstić information content (AvgIpc) is 3.02. The van der Waals surface area contributed by atoms with Gasteiger partial charge in [-0.2, -0.15) is 0 Å². The van der Waals surface area contributed by atoms with Crippen LogP contribution in [0.1, 0.15) is 44.4 Å². The molecule has 3 aliphatic heterocycles. The van der Waals surface area contributed by atoms with Crippen LogP contribution < -0.4 is 0 Å². The van der Waals surface area contributed by atoms with Crippen LogP contribution >= 0.6 is 0 Å². The molecule has 30 heavy (non-hydrogen) atoms. The summed E-state index contributed by atoms with van der Waals surface area (Å²) in [5.41, 5.74) is 4.20. The molecule has 5 rings (SSSR count). The predicted octanol–water partition coefficient (Wildman–Crippen LogP) is 4.64. The molecule has 1 saturated heterocycles. The van der Waals surface area contributed by atoms with Gasteiger partial charge in [-0.05, 0) is 42.7 Å². The normalized spacial score (nSPS) is 25.7. The molecule has 0 aliphatic carbocycles. The van der Waals surface area contributed by atoms with Gasteiger partial charge in [0.15, 0.2) is 0 Å². The van der Waals surface area contributed by atoms with Crippen molar-refractivity contribution in [2.24, 2.45) is 11.1 Å². The van der Waals surface area contributed by atoms with Gasteiger partial charge >= 0.3 is 5.97 Å². The zero-order chi connectivity index (χ0) is 21.7. The van der Waals surface area contributed by atoms with Gasteiger partial charge in [0.2, 0.25) is 0 Å². The lowest BCUT2D eigenvalue weighted by Gasteiger charge is -2.40. The number of aromatic nitrogens is 1. The van der Waals surface area contributed by atoms with E-state index in [1.807, 2.05) is 6.07 Å². The van der Waals surface area contributed by atoms with Gasteiger partial charge in [-0.3, -0.25) is 9.69 Å². The lowest BCUT2D eigenvalue weighted by atomic mass is 9.78. The van der Waals surface area contributed by atoms with Crippen molar-refractivity contribution >= 4 is 30.9 Å². The number of piperidine rings is 1. The Bertz CT molecular complexity index is 989. The molecule has 2 bridgehead atoms. The first-order chi connectivity index (χ1) is 14.1. The lowest BCUT2D eigenvalue weighted by Crippen LogP contribution is -2.47. The molecule has 0 spiro atoms. The Morgan fingerprint density at radius 2 is 1.97 bits per heavy atom. The molecule has 0 saturated carbocycles. The molecule has 162 valence electrons. The van der Waals surface area contributed by atoms with Gasteiger partial charge in [0, 0.05) is 35.6 Å². The second kappa shape index (κ2) is 7.53. The maximum absolute atomic E-state index is 13.0. The third kappa shape index (κ3) is 3.58. The third-order valence-electron chi connectivity index (χ3n) is 7.16. The minimum absolute atomic E-state index is 0.0226. The maximum Gasteiger partial charge on any atom is 0.315 e.